The Morgan fingerprint density at radius 1 is 1.41 bits per heavy atom. The van der Waals surface area contributed by atoms with Crippen LogP contribution in [-0.2, 0) is 11.2 Å². The molecule has 22 heavy (non-hydrogen) atoms. The number of amides is 1. The summed E-state index contributed by atoms with van der Waals surface area (Å²) in [6.07, 6.45) is 3.26. The van der Waals surface area contributed by atoms with Crippen LogP contribution in [0.3, 0.4) is 0 Å². The molecule has 0 saturated carbocycles. The number of nitrogens with zero attached hydrogens (tertiary/aromatic N) is 1. The van der Waals surface area contributed by atoms with E-state index in [1.54, 1.807) is 0 Å². The molecule has 0 aliphatic carbocycles. The summed E-state index contributed by atoms with van der Waals surface area (Å²) in [5, 5.41) is 6.41. The lowest BCUT2D eigenvalue weighted by Gasteiger charge is -2.35. The lowest BCUT2D eigenvalue weighted by molar-refractivity contribution is -0.126. The Balaban J connectivity index is 1.78. The Morgan fingerprint density at radius 3 is 2.91 bits per heavy atom. The van der Waals surface area contributed by atoms with Gasteiger partial charge in [0.1, 0.15) is 0 Å². The van der Waals surface area contributed by atoms with Gasteiger partial charge >= 0.3 is 0 Å². The highest BCUT2D eigenvalue weighted by Gasteiger charge is 2.26. The highest BCUT2D eigenvalue weighted by molar-refractivity contribution is 5.81. The number of aryl methyl sites for hydroxylation is 1. The number of nitrogens with one attached hydrogen (secondary N) is 2. The van der Waals surface area contributed by atoms with Crippen molar-refractivity contribution in [3.63, 3.8) is 0 Å². The van der Waals surface area contributed by atoms with Gasteiger partial charge in [0.05, 0.1) is 6.04 Å². The second-order valence-corrected chi connectivity index (χ2v) is 6.27. The van der Waals surface area contributed by atoms with E-state index in [1.165, 1.54) is 17.5 Å². The first-order chi connectivity index (χ1) is 10.6. The van der Waals surface area contributed by atoms with Gasteiger partial charge in [-0.05, 0) is 57.8 Å². The molecule has 4 nitrogen and oxygen atoms in total. The van der Waals surface area contributed by atoms with Crippen molar-refractivity contribution in [3.8, 4) is 0 Å². The number of benzene rings is 1. The van der Waals surface area contributed by atoms with Crippen LogP contribution in [0.4, 0.5) is 0 Å². The summed E-state index contributed by atoms with van der Waals surface area (Å²) in [6, 6.07) is 8.81. The SMILES string of the molecule is CNC1CCCN(C(C)C(=O)NCCc2ccccc2C)C1. The van der Waals surface area contributed by atoms with Gasteiger partial charge < -0.3 is 10.6 Å². The zero-order valence-electron chi connectivity index (χ0n) is 14.1. The van der Waals surface area contributed by atoms with Crippen molar-refractivity contribution in [2.75, 3.05) is 26.7 Å². The van der Waals surface area contributed by atoms with Crippen molar-refractivity contribution in [1.82, 2.24) is 15.5 Å². The molecule has 2 unspecified atom stereocenters. The molecule has 1 aliphatic rings. The first-order valence-corrected chi connectivity index (χ1v) is 8.35. The highest BCUT2D eigenvalue weighted by Crippen LogP contribution is 2.13. The van der Waals surface area contributed by atoms with Crippen LogP contribution in [0, 0.1) is 6.92 Å². The van der Waals surface area contributed by atoms with Crippen LogP contribution < -0.4 is 10.6 Å². The first kappa shape index (κ1) is 17.0. The van der Waals surface area contributed by atoms with Crippen LogP contribution in [-0.4, -0.2) is 49.6 Å². The Labute approximate surface area is 134 Å². The zero-order valence-corrected chi connectivity index (χ0v) is 14.1. The molecular formula is C18H29N3O. The second-order valence-electron chi connectivity index (χ2n) is 6.27. The Bertz CT molecular complexity index is 489. The molecule has 0 aromatic heterocycles. The third-order valence-electron chi connectivity index (χ3n) is 4.74. The monoisotopic (exact) mass is 303 g/mol. The molecule has 4 heteroatoms. The molecule has 0 bridgehead atoms. The molecule has 1 saturated heterocycles. The predicted molar refractivity (Wildman–Crippen MR) is 91.0 cm³/mol. The highest BCUT2D eigenvalue weighted by atomic mass is 16.2. The van der Waals surface area contributed by atoms with Crippen LogP contribution in [0.1, 0.15) is 30.9 Å². The molecule has 1 aromatic carbocycles. The van der Waals surface area contributed by atoms with E-state index in [4.69, 9.17) is 0 Å². The van der Waals surface area contributed by atoms with Crippen molar-refractivity contribution < 1.29 is 4.79 Å². The standard InChI is InChI=1S/C18H29N3O/c1-14-7-4-5-8-16(14)10-11-20-18(22)15(2)21-12-6-9-17(13-21)19-3/h4-5,7-8,15,17,19H,6,9-13H2,1-3H3,(H,20,22). The average molecular weight is 303 g/mol. The summed E-state index contributed by atoms with van der Waals surface area (Å²) in [5.41, 5.74) is 2.60. The molecular weight excluding hydrogens is 274 g/mol. The fourth-order valence-electron chi connectivity index (χ4n) is 3.12. The third kappa shape index (κ3) is 4.55. The molecule has 2 atom stereocenters. The molecule has 122 valence electrons. The fraction of sp³-hybridized carbons (Fsp3) is 0.611. The van der Waals surface area contributed by atoms with Gasteiger partial charge in [-0.15, -0.1) is 0 Å². The molecule has 1 aliphatic heterocycles. The van der Waals surface area contributed by atoms with Gasteiger partial charge in [0.2, 0.25) is 5.91 Å². The summed E-state index contributed by atoms with van der Waals surface area (Å²) >= 11 is 0. The minimum absolute atomic E-state index is 0.0481. The van der Waals surface area contributed by atoms with Gasteiger partial charge in [-0.3, -0.25) is 9.69 Å². The lowest BCUT2D eigenvalue weighted by atomic mass is 10.0. The second kappa shape index (κ2) is 8.30. The lowest BCUT2D eigenvalue weighted by Crippen LogP contribution is -2.52. The van der Waals surface area contributed by atoms with Crippen LogP contribution in [0.15, 0.2) is 24.3 Å². The Morgan fingerprint density at radius 2 is 2.18 bits per heavy atom. The summed E-state index contributed by atoms with van der Waals surface area (Å²) in [6.45, 7) is 6.82. The van der Waals surface area contributed by atoms with E-state index < -0.39 is 0 Å². The van der Waals surface area contributed by atoms with Crippen LogP contribution >= 0.6 is 0 Å². The molecule has 0 spiro atoms. The molecule has 1 amide bonds. The molecule has 1 aromatic rings. The summed E-state index contributed by atoms with van der Waals surface area (Å²) in [7, 11) is 2.00. The average Bonchev–Trinajstić information content (AvgIpc) is 2.55. The maximum atomic E-state index is 12.3. The normalized spacial score (nSPS) is 20.6. The van der Waals surface area contributed by atoms with E-state index in [9.17, 15) is 4.79 Å². The van der Waals surface area contributed by atoms with Crippen molar-refractivity contribution in [2.45, 2.75) is 45.2 Å². The van der Waals surface area contributed by atoms with E-state index >= 15 is 0 Å². The number of likely N-dealkylation sites (tertiary alicyclic amines) is 1. The van der Waals surface area contributed by atoms with Gasteiger partial charge in [0.15, 0.2) is 0 Å². The molecule has 1 heterocycles. The van der Waals surface area contributed by atoms with E-state index in [0.29, 0.717) is 12.6 Å². The summed E-state index contributed by atoms with van der Waals surface area (Å²) in [4.78, 5) is 14.6. The van der Waals surface area contributed by atoms with Crippen LogP contribution in [0.25, 0.3) is 0 Å². The fourth-order valence-corrected chi connectivity index (χ4v) is 3.12. The van der Waals surface area contributed by atoms with Gasteiger partial charge in [-0.25, -0.2) is 0 Å². The summed E-state index contributed by atoms with van der Waals surface area (Å²) < 4.78 is 0. The number of carbonyl (C=O) groups excluding carboxylic acids is 1. The molecule has 1 fully saturated rings. The van der Waals surface area contributed by atoms with E-state index in [-0.39, 0.29) is 11.9 Å². The number of piperidine rings is 1. The minimum atomic E-state index is -0.0481. The zero-order chi connectivity index (χ0) is 15.9. The topological polar surface area (TPSA) is 44.4 Å². The number of hydrogen-bond acceptors (Lipinski definition) is 3. The van der Waals surface area contributed by atoms with Crippen molar-refractivity contribution in [3.05, 3.63) is 35.4 Å². The van der Waals surface area contributed by atoms with Crippen LogP contribution in [0.2, 0.25) is 0 Å². The van der Waals surface area contributed by atoms with E-state index in [0.717, 1.165) is 25.9 Å². The first-order valence-electron chi connectivity index (χ1n) is 8.35. The van der Waals surface area contributed by atoms with Gasteiger partial charge in [-0.2, -0.15) is 0 Å². The van der Waals surface area contributed by atoms with E-state index in [1.807, 2.05) is 20.0 Å². The van der Waals surface area contributed by atoms with Crippen LogP contribution in [0.5, 0.6) is 0 Å². The summed E-state index contributed by atoms with van der Waals surface area (Å²) in [5.74, 6) is 0.144. The number of hydrogen-bond donors (Lipinski definition) is 2. The maximum absolute atomic E-state index is 12.3. The Hall–Kier alpha value is -1.39. The maximum Gasteiger partial charge on any atom is 0.237 e. The van der Waals surface area contributed by atoms with Gasteiger partial charge in [-0.1, -0.05) is 24.3 Å². The van der Waals surface area contributed by atoms with Crippen molar-refractivity contribution in [1.29, 1.82) is 0 Å². The number of carbonyl (C=O) groups is 1. The molecule has 2 rings (SSSR count). The quantitative estimate of drug-likeness (QED) is 0.841. The molecule has 0 radical (unpaired) electrons. The minimum Gasteiger partial charge on any atom is -0.354 e. The van der Waals surface area contributed by atoms with Crippen molar-refractivity contribution in [2.24, 2.45) is 0 Å². The van der Waals surface area contributed by atoms with Gasteiger partial charge in [0, 0.05) is 19.1 Å². The van der Waals surface area contributed by atoms with Gasteiger partial charge in [0.25, 0.3) is 0 Å². The smallest absolute Gasteiger partial charge is 0.237 e. The van der Waals surface area contributed by atoms with E-state index in [2.05, 4.69) is 40.7 Å². The predicted octanol–water partition coefficient (Wildman–Crippen LogP) is 1.73. The molecule has 2 N–H and O–H groups in total. The largest absolute Gasteiger partial charge is 0.354 e. The third-order valence-corrected chi connectivity index (χ3v) is 4.74. The Kier molecular flexibility index (Phi) is 6.40. The number of likely N-dealkylation sites (N-methyl/N-ethyl adjacent to an activating group) is 1. The van der Waals surface area contributed by atoms with Crippen molar-refractivity contribution >= 4 is 5.91 Å². The number of rotatable bonds is 6.